The molecule has 140 valence electrons. The molecule has 0 fully saturated rings. The van der Waals surface area contributed by atoms with Crippen molar-refractivity contribution in [2.75, 3.05) is 11.9 Å². The third kappa shape index (κ3) is 4.08. The second-order valence-electron chi connectivity index (χ2n) is 4.81. The van der Waals surface area contributed by atoms with Gasteiger partial charge in [-0.05, 0) is 41.4 Å². The highest BCUT2D eigenvalue weighted by Crippen LogP contribution is 2.33. The van der Waals surface area contributed by atoms with Gasteiger partial charge in [0.1, 0.15) is 11.4 Å². The van der Waals surface area contributed by atoms with Crippen LogP contribution in [0.25, 0.3) is 0 Å². The number of pyridine rings is 1. The monoisotopic (exact) mass is 407 g/mol. The molecule has 0 aliphatic heterocycles. The van der Waals surface area contributed by atoms with E-state index in [0.717, 1.165) is 37.5 Å². The van der Waals surface area contributed by atoms with Gasteiger partial charge >= 0.3 is 5.51 Å². The summed E-state index contributed by atoms with van der Waals surface area (Å²) in [4.78, 5) is 15.8. The Balaban J connectivity index is 2.47. The van der Waals surface area contributed by atoms with Gasteiger partial charge in [-0.25, -0.2) is 9.19 Å². The predicted octanol–water partition coefficient (Wildman–Crippen LogP) is 1.93. The molecule has 1 N–H and O–H groups in total. The van der Waals surface area contributed by atoms with E-state index in [2.05, 4.69) is 4.98 Å². The van der Waals surface area contributed by atoms with E-state index in [9.17, 15) is 36.0 Å². The number of aromatic nitrogens is 1. The van der Waals surface area contributed by atoms with E-state index < -0.39 is 60.2 Å². The molecular weight excluding hydrogens is 397 g/mol. The Labute approximate surface area is 150 Å². The van der Waals surface area contributed by atoms with E-state index in [-0.39, 0.29) is 0 Å². The van der Waals surface area contributed by atoms with Gasteiger partial charge in [-0.2, -0.15) is 13.2 Å². The molecule has 26 heavy (non-hydrogen) atoms. The van der Waals surface area contributed by atoms with Gasteiger partial charge < -0.3 is 14.6 Å². The van der Waals surface area contributed by atoms with Crippen molar-refractivity contribution in [3.8, 4) is 5.75 Å². The van der Waals surface area contributed by atoms with Crippen molar-refractivity contribution in [2.24, 2.45) is 0 Å². The number of phenols is 1. The van der Waals surface area contributed by atoms with Crippen LogP contribution in [0, 0.1) is 0 Å². The number of amides is 1. The lowest BCUT2D eigenvalue weighted by Crippen LogP contribution is -2.28. The van der Waals surface area contributed by atoms with Crippen LogP contribution in [-0.2, 0) is 21.9 Å². The standard InChI is InChI=1S/C14H11F3N2O5S2/c1-19(13(21)12-11(26(23)24)3-2-6-18-12)9-7-8(4-5-10(9)20)25(22)14(15,16)17/h2-7,20H,1H3,(H,23,24)/p-1. The number of carbonyl (C=O) groups is 1. The van der Waals surface area contributed by atoms with E-state index in [4.69, 9.17) is 0 Å². The SMILES string of the molecule is CN(C(=O)c1ncccc1S(=O)[O-])c1cc(S(=O)C(F)(F)F)ccc1O. The average molecular weight is 407 g/mol. The third-order valence-electron chi connectivity index (χ3n) is 3.19. The van der Waals surface area contributed by atoms with Crippen molar-refractivity contribution in [3.05, 3.63) is 42.2 Å². The van der Waals surface area contributed by atoms with Crippen molar-refractivity contribution in [2.45, 2.75) is 15.3 Å². The van der Waals surface area contributed by atoms with Gasteiger partial charge in [0.2, 0.25) is 0 Å². The Kier molecular flexibility index (Phi) is 5.78. The number of nitrogens with zero attached hydrogens (tertiary/aromatic N) is 2. The van der Waals surface area contributed by atoms with Gasteiger partial charge in [0.25, 0.3) is 5.91 Å². The maximum atomic E-state index is 12.6. The van der Waals surface area contributed by atoms with Gasteiger partial charge in [0, 0.05) is 13.2 Å². The first-order chi connectivity index (χ1) is 12.0. The van der Waals surface area contributed by atoms with Crippen LogP contribution in [0.3, 0.4) is 0 Å². The summed E-state index contributed by atoms with van der Waals surface area (Å²) in [7, 11) is -2.27. The number of alkyl halides is 3. The maximum absolute atomic E-state index is 12.6. The molecule has 2 unspecified atom stereocenters. The zero-order chi connectivity index (χ0) is 19.6. The minimum absolute atomic E-state index is 0.390. The molecule has 1 aromatic heterocycles. The van der Waals surface area contributed by atoms with Gasteiger partial charge in [-0.3, -0.25) is 9.00 Å². The zero-order valence-electron chi connectivity index (χ0n) is 12.9. The molecule has 0 bridgehead atoms. The Bertz CT molecular complexity index is 904. The molecule has 0 saturated carbocycles. The second kappa shape index (κ2) is 7.51. The lowest BCUT2D eigenvalue weighted by Gasteiger charge is -2.20. The van der Waals surface area contributed by atoms with E-state index in [1.54, 1.807) is 0 Å². The highest BCUT2D eigenvalue weighted by atomic mass is 32.2. The molecule has 1 amide bonds. The molecule has 0 aliphatic rings. The lowest BCUT2D eigenvalue weighted by atomic mass is 10.2. The largest absolute Gasteiger partial charge is 0.768 e. The molecule has 7 nitrogen and oxygen atoms in total. The first-order valence-corrected chi connectivity index (χ1v) is 8.90. The first kappa shape index (κ1) is 20.0. The summed E-state index contributed by atoms with van der Waals surface area (Å²) in [5, 5.41) is 9.85. The lowest BCUT2D eigenvalue weighted by molar-refractivity contribution is -0.0384. The van der Waals surface area contributed by atoms with Crippen molar-refractivity contribution in [3.63, 3.8) is 0 Å². The van der Waals surface area contributed by atoms with Crippen LogP contribution in [0.4, 0.5) is 18.9 Å². The van der Waals surface area contributed by atoms with Gasteiger partial charge in [-0.15, -0.1) is 0 Å². The Hall–Kier alpha value is -2.31. The van der Waals surface area contributed by atoms with Crippen molar-refractivity contribution < 1.29 is 36.0 Å². The van der Waals surface area contributed by atoms with Crippen LogP contribution < -0.4 is 4.90 Å². The number of carbonyl (C=O) groups excluding carboxylic acids is 1. The maximum Gasteiger partial charge on any atom is 0.475 e. The molecule has 0 saturated heterocycles. The molecule has 12 heteroatoms. The number of aromatic hydroxyl groups is 1. The van der Waals surface area contributed by atoms with Gasteiger partial charge in [0.05, 0.1) is 15.5 Å². The fraction of sp³-hybridized carbons (Fsp3) is 0.143. The summed E-state index contributed by atoms with van der Waals surface area (Å²) in [6, 6.07) is 4.79. The van der Waals surface area contributed by atoms with Crippen LogP contribution in [0.2, 0.25) is 0 Å². The fourth-order valence-electron chi connectivity index (χ4n) is 1.97. The predicted molar refractivity (Wildman–Crippen MR) is 84.7 cm³/mol. The van der Waals surface area contributed by atoms with E-state index in [1.165, 1.54) is 6.07 Å². The molecule has 0 radical (unpaired) electrons. The molecule has 1 aromatic carbocycles. The summed E-state index contributed by atoms with van der Waals surface area (Å²) in [5.74, 6) is -1.56. The van der Waals surface area contributed by atoms with E-state index >= 15 is 0 Å². The van der Waals surface area contributed by atoms with Crippen LogP contribution in [0.5, 0.6) is 5.75 Å². The number of benzene rings is 1. The molecule has 2 atom stereocenters. The first-order valence-electron chi connectivity index (χ1n) is 6.68. The van der Waals surface area contributed by atoms with Crippen molar-refractivity contribution >= 4 is 33.5 Å². The summed E-state index contributed by atoms with van der Waals surface area (Å²) in [5.41, 5.74) is -5.90. The Morgan fingerprint density at radius 2 is 1.92 bits per heavy atom. The molecule has 1 heterocycles. The Morgan fingerprint density at radius 1 is 1.27 bits per heavy atom. The quantitative estimate of drug-likeness (QED) is 0.776. The highest BCUT2D eigenvalue weighted by Gasteiger charge is 2.38. The van der Waals surface area contributed by atoms with Crippen LogP contribution >= 0.6 is 0 Å². The molecule has 0 spiro atoms. The molecule has 0 aliphatic carbocycles. The van der Waals surface area contributed by atoms with E-state index in [1.807, 2.05) is 0 Å². The minimum Gasteiger partial charge on any atom is -0.768 e. The third-order valence-corrected chi connectivity index (χ3v) is 4.98. The summed E-state index contributed by atoms with van der Waals surface area (Å²) < 4.78 is 71.6. The van der Waals surface area contributed by atoms with Crippen LogP contribution in [0.1, 0.15) is 10.5 Å². The average Bonchev–Trinajstić information content (AvgIpc) is 2.59. The smallest absolute Gasteiger partial charge is 0.475 e. The van der Waals surface area contributed by atoms with Gasteiger partial charge in [-0.1, -0.05) is 0 Å². The number of halogens is 3. The van der Waals surface area contributed by atoms with Crippen molar-refractivity contribution in [1.29, 1.82) is 0 Å². The minimum atomic E-state index is -5.02. The summed E-state index contributed by atoms with van der Waals surface area (Å²) in [6.07, 6.45) is 1.16. The number of hydrogen-bond donors (Lipinski definition) is 1. The highest BCUT2D eigenvalue weighted by molar-refractivity contribution is 7.86. The van der Waals surface area contributed by atoms with Crippen LogP contribution in [0.15, 0.2) is 46.3 Å². The fourth-order valence-corrected chi connectivity index (χ4v) is 3.14. The molecule has 2 rings (SSSR count). The molecular formula is C14H10F3N2O5S2-. The number of anilines is 1. The van der Waals surface area contributed by atoms with Gasteiger partial charge in [0.15, 0.2) is 10.8 Å². The molecule has 2 aromatic rings. The van der Waals surface area contributed by atoms with E-state index in [0.29, 0.717) is 4.90 Å². The summed E-state index contributed by atoms with van der Waals surface area (Å²) >= 11 is -2.78. The number of hydrogen-bond acceptors (Lipinski definition) is 6. The second-order valence-corrected chi connectivity index (χ2v) is 7.20. The van der Waals surface area contributed by atoms with Crippen LogP contribution in [-0.4, -0.2) is 41.5 Å². The summed E-state index contributed by atoms with van der Waals surface area (Å²) in [6.45, 7) is 0. The topological polar surface area (TPSA) is 111 Å². The number of phenolic OH excluding ortho intramolecular Hbond substituents is 1. The number of rotatable bonds is 4. The van der Waals surface area contributed by atoms with Crippen molar-refractivity contribution in [1.82, 2.24) is 4.98 Å². The normalized spacial score (nSPS) is 13.9. The Morgan fingerprint density at radius 3 is 2.50 bits per heavy atom. The zero-order valence-corrected chi connectivity index (χ0v) is 14.5.